The number of thioether (sulfide) groups is 1. The summed E-state index contributed by atoms with van der Waals surface area (Å²) in [5.41, 5.74) is 3.12. The van der Waals surface area contributed by atoms with Gasteiger partial charge in [-0.25, -0.2) is 15.0 Å². The van der Waals surface area contributed by atoms with Gasteiger partial charge in [-0.15, -0.1) is 0 Å². The van der Waals surface area contributed by atoms with E-state index in [0.717, 1.165) is 29.3 Å². The van der Waals surface area contributed by atoms with Gasteiger partial charge in [0.05, 0.1) is 16.4 Å². The fraction of sp³-hybridized carbons (Fsp3) is 0.150. The van der Waals surface area contributed by atoms with Gasteiger partial charge >= 0.3 is 0 Å². The average Bonchev–Trinajstić information content (AvgIpc) is 3.45. The topological polar surface area (TPSA) is 104 Å². The molecule has 0 spiro atoms. The molecule has 144 valence electrons. The number of nitrogens with zero attached hydrogens (tertiary/aromatic N) is 6. The molecule has 1 aliphatic heterocycles. The molecule has 4 rings (SSSR count). The Morgan fingerprint density at radius 2 is 2.14 bits per heavy atom. The smallest absolute Gasteiger partial charge is 0.223 e. The number of nitrogens with one attached hydrogen (secondary N) is 2. The first kappa shape index (κ1) is 18.7. The van der Waals surface area contributed by atoms with Gasteiger partial charge in [-0.3, -0.25) is 4.68 Å². The monoisotopic (exact) mass is 402 g/mol. The van der Waals surface area contributed by atoms with Crippen molar-refractivity contribution in [1.82, 2.24) is 30.0 Å². The van der Waals surface area contributed by atoms with Crippen LogP contribution < -0.4 is 10.6 Å². The van der Waals surface area contributed by atoms with E-state index in [1.165, 1.54) is 18.1 Å². The van der Waals surface area contributed by atoms with Crippen molar-refractivity contribution in [1.29, 1.82) is 5.26 Å². The molecule has 29 heavy (non-hydrogen) atoms. The Morgan fingerprint density at radius 3 is 2.93 bits per heavy atom. The number of rotatable bonds is 7. The fourth-order valence-electron chi connectivity index (χ4n) is 2.78. The van der Waals surface area contributed by atoms with E-state index in [1.807, 2.05) is 35.7 Å². The molecule has 0 amide bonds. The minimum absolute atomic E-state index is 0.491. The van der Waals surface area contributed by atoms with Crippen LogP contribution in [0.15, 0.2) is 65.7 Å². The molecule has 0 atom stereocenters. The number of hydrogen-bond donors (Lipinski definition) is 2. The second kappa shape index (κ2) is 9.03. The SMILES string of the molecule is N#CC(=C1NC(c2ccccc2)=CS1)c1ccnc(NCCCn2cncn2)n1. The Kier molecular flexibility index (Phi) is 5.83. The molecule has 2 N–H and O–H groups in total. The molecule has 1 aromatic carbocycles. The van der Waals surface area contributed by atoms with E-state index in [0.29, 0.717) is 23.8 Å². The lowest BCUT2D eigenvalue weighted by atomic mass is 10.1. The highest BCUT2D eigenvalue weighted by atomic mass is 32.2. The zero-order valence-electron chi connectivity index (χ0n) is 15.5. The number of anilines is 1. The lowest BCUT2D eigenvalue weighted by molar-refractivity contribution is 0.589. The van der Waals surface area contributed by atoms with Crippen LogP contribution in [0.5, 0.6) is 0 Å². The van der Waals surface area contributed by atoms with E-state index in [1.54, 1.807) is 23.3 Å². The minimum atomic E-state index is 0.491. The summed E-state index contributed by atoms with van der Waals surface area (Å²) in [5, 5.41) is 23.1. The highest BCUT2D eigenvalue weighted by molar-refractivity contribution is 8.06. The summed E-state index contributed by atoms with van der Waals surface area (Å²) in [6.45, 7) is 1.45. The Bertz CT molecular complexity index is 1070. The molecule has 0 fully saturated rings. The highest BCUT2D eigenvalue weighted by Gasteiger charge is 2.18. The fourth-order valence-corrected chi connectivity index (χ4v) is 3.64. The van der Waals surface area contributed by atoms with Gasteiger partial charge < -0.3 is 10.6 Å². The maximum absolute atomic E-state index is 9.73. The van der Waals surface area contributed by atoms with Gasteiger partial charge in [-0.2, -0.15) is 10.4 Å². The second-order valence-corrected chi connectivity index (χ2v) is 7.04. The number of allylic oxidation sites excluding steroid dienone is 1. The summed E-state index contributed by atoms with van der Waals surface area (Å²) < 4.78 is 1.78. The molecule has 3 heterocycles. The molecular weight excluding hydrogens is 384 g/mol. The van der Waals surface area contributed by atoms with Crippen LogP contribution in [-0.2, 0) is 6.54 Å². The van der Waals surface area contributed by atoms with E-state index in [2.05, 4.69) is 36.8 Å². The summed E-state index contributed by atoms with van der Waals surface area (Å²) in [5.74, 6) is 0.494. The van der Waals surface area contributed by atoms with Gasteiger partial charge in [0.25, 0.3) is 0 Å². The highest BCUT2D eigenvalue weighted by Crippen LogP contribution is 2.34. The van der Waals surface area contributed by atoms with Crippen molar-refractivity contribution >= 4 is 29.0 Å². The number of nitriles is 1. The van der Waals surface area contributed by atoms with Crippen molar-refractivity contribution in [2.24, 2.45) is 0 Å². The molecule has 0 radical (unpaired) electrons. The summed E-state index contributed by atoms with van der Waals surface area (Å²) in [4.78, 5) is 12.7. The van der Waals surface area contributed by atoms with Crippen LogP contribution in [0.2, 0.25) is 0 Å². The maximum atomic E-state index is 9.73. The Hall–Kier alpha value is -3.64. The molecule has 0 saturated carbocycles. The van der Waals surface area contributed by atoms with E-state index in [9.17, 15) is 5.26 Å². The van der Waals surface area contributed by atoms with Crippen LogP contribution in [-0.4, -0.2) is 31.3 Å². The lowest BCUT2D eigenvalue weighted by Gasteiger charge is -2.09. The molecule has 0 unspecified atom stereocenters. The predicted octanol–water partition coefficient (Wildman–Crippen LogP) is 3.10. The largest absolute Gasteiger partial charge is 0.354 e. The number of aryl methyl sites for hydroxylation is 1. The maximum Gasteiger partial charge on any atom is 0.223 e. The van der Waals surface area contributed by atoms with Crippen LogP contribution in [0.3, 0.4) is 0 Å². The molecule has 0 saturated heterocycles. The first-order chi connectivity index (χ1) is 14.3. The van der Waals surface area contributed by atoms with Crippen LogP contribution in [0.4, 0.5) is 5.95 Å². The number of aromatic nitrogens is 5. The zero-order valence-corrected chi connectivity index (χ0v) is 16.3. The molecule has 0 bridgehead atoms. The Balaban J connectivity index is 1.42. The Morgan fingerprint density at radius 1 is 1.24 bits per heavy atom. The van der Waals surface area contributed by atoms with Gasteiger partial charge in [0.1, 0.15) is 24.3 Å². The Labute approximate surface area is 172 Å². The van der Waals surface area contributed by atoms with Crippen molar-refractivity contribution in [2.75, 3.05) is 11.9 Å². The molecule has 2 aromatic heterocycles. The van der Waals surface area contributed by atoms with E-state index in [-0.39, 0.29) is 0 Å². The molecule has 3 aromatic rings. The summed E-state index contributed by atoms with van der Waals surface area (Å²) in [6, 6.07) is 14.0. The lowest BCUT2D eigenvalue weighted by Crippen LogP contribution is -2.10. The third-order valence-electron chi connectivity index (χ3n) is 4.19. The van der Waals surface area contributed by atoms with Crippen molar-refractivity contribution in [3.8, 4) is 6.07 Å². The minimum Gasteiger partial charge on any atom is -0.354 e. The third kappa shape index (κ3) is 4.62. The summed E-state index contributed by atoms with van der Waals surface area (Å²) in [6.07, 6.45) is 5.71. The molecule has 0 aliphatic carbocycles. The molecule has 1 aliphatic rings. The first-order valence-electron chi connectivity index (χ1n) is 9.07. The molecular formula is C20H18N8S. The van der Waals surface area contributed by atoms with Crippen LogP contribution in [0, 0.1) is 11.3 Å². The van der Waals surface area contributed by atoms with Gasteiger partial charge in [0, 0.05) is 24.7 Å². The average molecular weight is 402 g/mol. The van der Waals surface area contributed by atoms with Crippen molar-refractivity contribution < 1.29 is 0 Å². The zero-order chi connectivity index (χ0) is 19.9. The van der Waals surface area contributed by atoms with E-state index in [4.69, 9.17) is 0 Å². The van der Waals surface area contributed by atoms with Gasteiger partial charge in [0.2, 0.25) is 5.95 Å². The van der Waals surface area contributed by atoms with Crippen LogP contribution >= 0.6 is 11.8 Å². The van der Waals surface area contributed by atoms with Gasteiger partial charge in [0.15, 0.2) is 0 Å². The van der Waals surface area contributed by atoms with Crippen molar-refractivity contribution in [3.63, 3.8) is 0 Å². The van der Waals surface area contributed by atoms with Crippen LogP contribution in [0.1, 0.15) is 17.7 Å². The summed E-state index contributed by atoms with van der Waals surface area (Å²) >= 11 is 1.49. The van der Waals surface area contributed by atoms with E-state index < -0.39 is 0 Å². The quantitative estimate of drug-likeness (QED) is 0.459. The first-order valence-corrected chi connectivity index (χ1v) is 9.95. The summed E-state index contributed by atoms with van der Waals surface area (Å²) in [7, 11) is 0. The van der Waals surface area contributed by atoms with Gasteiger partial charge in [-0.1, -0.05) is 42.1 Å². The molecule has 9 heteroatoms. The second-order valence-electron chi connectivity index (χ2n) is 6.16. The molecule has 8 nitrogen and oxygen atoms in total. The predicted molar refractivity (Wildman–Crippen MR) is 113 cm³/mol. The van der Waals surface area contributed by atoms with Crippen molar-refractivity contribution in [3.05, 3.63) is 76.9 Å². The van der Waals surface area contributed by atoms with Gasteiger partial charge in [-0.05, 0) is 18.1 Å². The number of hydrogen-bond acceptors (Lipinski definition) is 8. The normalized spacial score (nSPS) is 14.7. The number of benzene rings is 1. The van der Waals surface area contributed by atoms with Crippen molar-refractivity contribution in [2.45, 2.75) is 13.0 Å². The van der Waals surface area contributed by atoms with E-state index >= 15 is 0 Å². The third-order valence-corrected chi connectivity index (χ3v) is 5.09. The standard InChI is InChI=1S/C20H18N8S/c21-11-16(19-26-18(12-29-19)15-5-2-1-3-6-15)17-7-9-24-20(27-17)23-8-4-10-28-14-22-13-25-28/h1-3,5-7,9,12-14,26H,4,8,10H2,(H,23,24,27). The van der Waals surface area contributed by atoms with Crippen LogP contribution in [0.25, 0.3) is 11.3 Å².